The van der Waals surface area contributed by atoms with Crippen molar-refractivity contribution < 1.29 is 57.3 Å². The van der Waals surface area contributed by atoms with E-state index in [1.165, 1.54) is 21.7 Å². The number of aromatic amines is 1. The molecule has 236 valence electrons. The Hall–Kier alpha value is -3.30. The van der Waals surface area contributed by atoms with E-state index in [1.807, 2.05) is 0 Å². The monoisotopic (exact) mass is 659 g/mol. The van der Waals surface area contributed by atoms with Gasteiger partial charge >= 0.3 is 16.1 Å². The van der Waals surface area contributed by atoms with Crippen LogP contribution in [0.25, 0.3) is 22.2 Å². The van der Waals surface area contributed by atoms with Gasteiger partial charge in [-0.1, -0.05) is 0 Å². The molecule has 23 heteroatoms. The molecule has 21 nitrogen and oxygen atoms in total. The molecule has 2 fully saturated rings. The van der Waals surface area contributed by atoms with Gasteiger partial charge in [-0.05, 0) is 6.07 Å². The van der Waals surface area contributed by atoms with Gasteiger partial charge in [0.2, 0.25) is 0 Å². The Morgan fingerprint density at radius 3 is 2.59 bits per heavy atom. The van der Waals surface area contributed by atoms with Crippen LogP contribution in [0.5, 0.6) is 0 Å². The number of hydrogen-bond acceptors (Lipinski definition) is 16. The molecule has 4 aromatic heterocycles. The smallest absolute Gasteiger partial charge is 0.394 e. The highest BCUT2D eigenvalue weighted by molar-refractivity contribution is 7.47. The lowest BCUT2D eigenvalue weighted by Gasteiger charge is -2.24. The number of nitrogens with two attached hydrogens (primary N) is 1. The van der Waals surface area contributed by atoms with Crippen molar-refractivity contribution in [2.24, 2.45) is 0 Å². The van der Waals surface area contributed by atoms with Gasteiger partial charge in [-0.2, -0.15) is 0 Å². The van der Waals surface area contributed by atoms with Gasteiger partial charge in [0.25, 0.3) is 5.56 Å². The SMILES string of the molecule is Nc1ncnc2c1ccn2[C@@H]1O[C@H](COP(=O)(O)O[C@@H]2[C@H](O)[C@@H](CO)O[C@H]2n2cnc3c(=O)[nH]cnc32)[C@@H](O[P+](=O)O)[C@H]1O. The van der Waals surface area contributed by atoms with E-state index in [2.05, 4.69) is 24.9 Å². The van der Waals surface area contributed by atoms with E-state index in [0.717, 1.165) is 12.7 Å². The lowest BCUT2D eigenvalue weighted by Crippen LogP contribution is -2.36. The molecule has 10 atom stereocenters. The van der Waals surface area contributed by atoms with Crippen molar-refractivity contribution in [2.75, 3.05) is 18.9 Å². The van der Waals surface area contributed by atoms with E-state index in [0.29, 0.717) is 5.39 Å². The summed E-state index contributed by atoms with van der Waals surface area (Å²) in [7, 11) is -8.39. The molecule has 8 N–H and O–H groups in total. The van der Waals surface area contributed by atoms with Crippen molar-refractivity contribution in [1.82, 2.24) is 34.1 Å². The molecule has 2 aliphatic rings. The summed E-state index contributed by atoms with van der Waals surface area (Å²) in [6, 6.07) is 1.56. The molecule has 2 unspecified atom stereocenters. The number of nitrogen functional groups attached to an aromatic ring is 1. The maximum absolute atomic E-state index is 13.1. The Morgan fingerprint density at radius 2 is 1.84 bits per heavy atom. The van der Waals surface area contributed by atoms with E-state index in [4.69, 9.17) is 28.8 Å². The van der Waals surface area contributed by atoms with E-state index in [1.54, 1.807) is 6.07 Å². The standard InChI is InChI=1S/C21H24N8O13P2/c22-16-8-1-2-28(17(8)24-5-23-16)20-13(32)14(41-43(34)35)10(40-20)4-38-44(36,37)42-15-12(31)9(3-30)39-21(15)29-7-27-11-18(29)25-6-26-19(11)33/h1-2,5-7,9-10,12-15,20-21,30-32H,3-4H2,(H4-,22,23,24,25,26,33,34,35,36,37)/p+1/t9-,10-,12-,13-,14-,15-,20-,21-/m1/s1. The van der Waals surface area contributed by atoms with Crippen LogP contribution in [0, 0.1) is 0 Å². The molecule has 2 aliphatic heterocycles. The minimum atomic E-state index is -5.12. The second-order valence-electron chi connectivity index (χ2n) is 9.71. The fourth-order valence-electron chi connectivity index (χ4n) is 5.12. The zero-order valence-electron chi connectivity index (χ0n) is 22.1. The topological polar surface area (TPSA) is 302 Å². The molecule has 6 rings (SSSR count). The molecule has 4 aromatic rings. The highest BCUT2D eigenvalue weighted by Gasteiger charge is 2.53. The highest BCUT2D eigenvalue weighted by atomic mass is 31.2. The molecular weight excluding hydrogens is 634 g/mol. The minimum absolute atomic E-state index is 0.00566. The average Bonchev–Trinajstić information content (AvgIpc) is 3.74. The fraction of sp³-hybridized carbons (Fsp3) is 0.476. The van der Waals surface area contributed by atoms with Crippen LogP contribution in [0.3, 0.4) is 0 Å². The first kappa shape index (κ1) is 30.7. The molecule has 2 saturated heterocycles. The number of aliphatic hydroxyl groups excluding tert-OH is 3. The normalized spacial score (nSPS) is 30.7. The van der Waals surface area contributed by atoms with Crippen molar-refractivity contribution >= 4 is 44.1 Å². The fourth-order valence-corrected chi connectivity index (χ4v) is 6.52. The van der Waals surface area contributed by atoms with Gasteiger partial charge in [0.1, 0.15) is 48.3 Å². The van der Waals surface area contributed by atoms with E-state index in [9.17, 15) is 39.0 Å². The number of rotatable bonds is 10. The zero-order chi connectivity index (χ0) is 31.3. The summed E-state index contributed by atoms with van der Waals surface area (Å²) in [5.74, 6) is 0.150. The molecule has 0 radical (unpaired) electrons. The number of ether oxygens (including phenoxy) is 2. The molecule has 0 spiro atoms. The first-order chi connectivity index (χ1) is 21.0. The largest absolute Gasteiger partial charge is 0.695 e. The predicted octanol–water partition coefficient (Wildman–Crippen LogP) is -1.81. The number of fused-ring (bicyclic) bond motifs is 2. The van der Waals surface area contributed by atoms with Crippen LogP contribution in [0.2, 0.25) is 0 Å². The highest BCUT2D eigenvalue weighted by Crippen LogP contribution is 2.50. The first-order valence-electron chi connectivity index (χ1n) is 12.7. The number of phosphoric acid groups is 1. The quantitative estimate of drug-likeness (QED) is 0.0923. The first-order valence-corrected chi connectivity index (χ1v) is 15.4. The Morgan fingerprint density at radius 1 is 1.07 bits per heavy atom. The Kier molecular flexibility index (Phi) is 8.30. The molecular formula is C21H25N8O13P2+. The number of nitrogens with zero attached hydrogens (tertiary/aromatic N) is 6. The van der Waals surface area contributed by atoms with Gasteiger partial charge < -0.3 is 45.0 Å². The van der Waals surface area contributed by atoms with E-state index < -0.39 is 83.9 Å². The third kappa shape index (κ3) is 5.53. The number of nitrogens with one attached hydrogen (secondary N) is 1. The third-order valence-electron chi connectivity index (χ3n) is 7.12. The summed E-state index contributed by atoms with van der Waals surface area (Å²) in [6.45, 7) is -1.51. The summed E-state index contributed by atoms with van der Waals surface area (Å²) in [4.78, 5) is 50.4. The lowest BCUT2D eigenvalue weighted by atomic mass is 10.1. The second-order valence-corrected chi connectivity index (χ2v) is 11.8. The van der Waals surface area contributed by atoms with Crippen molar-refractivity contribution in [3.63, 3.8) is 0 Å². The number of aliphatic hydroxyl groups is 3. The summed E-state index contributed by atoms with van der Waals surface area (Å²) in [5.41, 5.74) is 5.45. The number of phosphoric ester groups is 1. The lowest BCUT2D eigenvalue weighted by molar-refractivity contribution is -0.0607. The summed E-state index contributed by atoms with van der Waals surface area (Å²) >= 11 is 0. The van der Waals surface area contributed by atoms with Gasteiger partial charge in [-0.3, -0.25) is 18.4 Å². The predicted molar refractivity (Wildman–Crippen MR) is 142 cm³/mol. The number of hydrogen-bond donors (Lipinski definition) is 7. The average molecular weight is 659 g/mol. The van der Waals surface area contributed by atoms with Crippen molar-refractivity contribution in [3.8, 4) is 0 Å². The maximum atomic E-state index is 13.1. The van der Waals surface area contributed by atoms with Gasteiger partial charge in [-0.25, -0.2) is 24.5 Å². The van der Waals surface area contributed by atoms with Gasteiger partial charge in [0.15, 0.2) is 29.7 Å². The second kappa shape index (κ2) is 11.9. The maximum Gasteiger partial charge on any atom is 0.695 e. The van der Waals surface area contributed by atoms with Gasteiger partial charge in [-0.15, -0.1) is 9.42 Å². The molecule has 44 heavy (non-hydrogen) atoms. The number of imidazole rings is 1. The summed E-state index contributed by atoms with van der Waals surface area (Å²) < 4.78 is 54.0. The molecule has 0 aromatic carbocycles. The minimum Gasteiger partial charge on any atom is -0.394 e. The van der Waals surface area contributed by atoms with Crippen LogP contribution >= 0.6 is 16.1 Å². The molecule has 0 aliphatic carbocycles. The summed E-state index contributed by atoms with van der Waals surface area (Å²) in [5, 5.41) is 31.8. The van der Waals surface area contributed by atoms with Crippen LogP contribution in [-0.2, 0) is 32.2 Å². The third-order valence-corrected chi connectivity index (χ3v) is 8.53. The van der Waals surface area contributed by atoms with Gasteiger partial charge in [0, 0.05) is 10.8 Å². The Balaban J connectivity index is 1.22. The van der Waals surface area contributed by atoms with Crippen LogP contribution in [0.15, 0.2) is 36.0 Å². The molecule has 0 saturated carbocycles. The molecule has 6 heterocycles. The van der Waals surface area contributed by atoms with E-state index >= 15 is 0 Å². The van der Waals surface area contributed by atoms with Gasteiger partial charge in [0.05, 0.1) is 31.3 Å². The molecule has 0 bridgehead atoms. The van der Waals surface area contributed by atoms with Crippen LogP contribution < -0.4 is 11.3 Å². The Bertz CT molecular complexity index is 1800. The molecule has 0 amide bonds. The van der Waals surface area contributed by atoms with E-state index in [-0.39, 0.29) is 22.6 Å². The van der Waals surface area contributed by atoms with Crippen molar-refractivity contribution in [3.05, 3.63) is 41.6 Å². The van der Waals surface area contributed by atoms with Crippen molar-refractivity contribution in [1.29, 1.82) is 0 Å². The number of H-pyrrole nitrogens is 1. The number of anilines is 1. The van der Waals surface area contributed by atoms with Crippen molar-refractivity contribution in [2.45, 2.75) is 49.1 Å². The van der Waals surface area contributed by atoms with Crippen LogP contribution in [0.1, 0.15) is 12.5 Å². The van der Waals surface area contributed by atoms with Crippen LogP contribution in [-0.4, -0.2) is 109 Å². The Labute approximate surface area is 245 Å². The zero-order valence-corrected chi connectivity index (χ0v) is 23.9. The summed E-state index contributed by atoms with van der Waals surface area (Å²) in [6.07, 6.45) is -6.88. The van der Waals surface area contributed by atoms with Crippen LogP contribution in [0.4, 0.5) is 5.82 Å². The number of aromatic nitrogens is 7.